The third kappa shape index (κ3) is 7.08. The first-order valence-electron chi connectivity index (χ1n) is 15.7. The number of morpholine rings is 1. The highest BCUT2D eigenvalue weighted by atomic mass is 32.2. The van der Waals surface area contributed by atoms with Crippen molar-refractivity contribution in [1.82, 2.24) is 18.8 Å². The Morgan fingerprint density at radius 2 is 1.85 bits per heavy atom. The largest absolute Gasteiger partial charge is 0.489 e. The predicted octanol–water partition coefficient (Wildman–Crippen LogP) is 3.83. The number of fused-ring (bicyclic) bond motifs is 1. The van der Waals surface area contributed by atoms with Crippen LogP contribution in [0.4, 0.5) is 0 Å². The maximum atomic E-state index is 13.9. The Morgan fingerprint density at radius 1 is 1.11 bits per heavy atom. The summed E-state index contributed by atoms with van der Waals surface area (Å²) in [5.74, 6) is 0.114. The van der Waals surface area contributed by atoms with Gasteiger partial charge in [-0.25, -0.2) is 17.4 Å². The number of piperidine rings is 1. The first kappa shape index (κ1) is 32.4. The number of carbonyl (C=O) groups is 1. The number of aromatic nitrogens is 2. The minimum absolute atomic E-state index is 0.149. The van der Waals surface area contributed by atoms with E-state index in [4.69, 9.17) is 14.6 Å². The predicted molar refractivity (Wildman–Crippen MR) is 177 cm³/mol. The van der Waals surface area contributed by atoms with Crippen molar-refractivity contribution >= 4 is 33.0 Å². The normalized spacial score (nSPS) is 16.5. The van der Waals surface area contributed by atoms with Gasteiger partial charge in [0, 0.05) is 68.9 Å². The Kier molecular flexibility index (Phi) is 9.70. The lowest BCUT2D eigenvalue weighted by atomic mass is 10.0. The van der Waals surface area contributed by atoms with E-state index in [0.717, 1.165) is 30.8 Å². The monoisotopic (exact) mass is 655 g/mol. The van der Waals surface area contributed by atoms with Crippen LogP contribution in [0.1, 0.15) is 29.5 Å². The Labute approximate surface area is 274 Å². The number of hydrogen-bond acceptors (Lipinski definition) is 9. The van der Waals surface area contributed by atoms with E-state index in [2.05, 4.69) is 22.0 Å². The van der Waals surface area contributed by atoms with Crippen molar-refractivity contribution in [2.75, 3.05) is 52.5 Å². The van der Waals surface area contributed by atoms with Crippen LogP contribution >= 0.6 is 0 Å². The summed E-state index contributed by atoms with van der Waals surface area (Å²) in [6.45, 7) is 6.25. The van der Waals surface area contributed by atoms with Gasteiger partial charge in [0.1, 0.15) is 24.5 Å². The van der Waals surface area contributed by atoms with Gasteiger partial charge in [-0.3, -0.25) is 9.69 Å². The van der Waals surface area contributed by atoms with Gasteiger partial charge in [0.05, 0.1) is 23.7 Å². The number of nitriles is 1. The van der Waals surface area contributed by atoms with E-state index in [0.29, 0.717) is 67.0 Å². The minimum atomic E-state index is -3.99. The molecule has 6 rings (SSSR count). The van der Waals surface area contributed by atoms with E-state index in [9.17, 15) is 18.5 Å². The van der Waals surface area contributed by atoms with Gasteiger partial charge in [0.15, 0.2) is 5.65 Å². The molecule has 244 valence electrons. The van der Waals surface area contributed by atoms with Gasteiger partial charge in [0.2, 0.25) is 5.91 Å². The standard InChI is InChI=1S/C35H37N5O6S/c1-25-4-7-30(8-5-25)47(43,44)40-23-32(31-19-26(22-37-35(31)40)3-2-12-38-15-17-45-18-16-38)27-6-9-33(28(20-27)21-36)46-29-10-13-39(14-11-29)34(42)24-41/h2-9,19-20,22-23,29,41H,10-18,24H2,1H3/b3-2+. The van der Waals surface area contributed by atoms with Crippen LogP contribution in [-0.2, 0) is 19.6 Å². The van der Waals surface area contributed by atoms with Gasteiger partial charge in [-0.1, -0.05) is 35.9 Å². The van der Waals surface area contributed by atoms with Gasteiger partial charge in [-0.05, 0) is 48.4 Å². The molecule has 0 aliphatic carbocycles. The van der Waals surface area contributed by atoms with Crippen LogP contribution in [0.3, 0.4) is 0 Å². The molecule has 47 heavy (non-hydrogen) atoms. The number of aliphatic hydroxyl groups is 1. The second kappa shape index (κ2) is 14.1. The van der Waals surface area contributed by atoms with Crippen molar-refractivity contribution in [2.45, 2.75) is 30.8 Å². The molecule has 0 bridgehead atoms. The number of aryl methyl sites for hydroxylation is 1. The van der Waals surface area contributed by atoms with Crippen LogP contribution in [0.25, 0.3) is 28.2 Å². The molecule has 4 aromatic rings. The molecule has 0 unspecified atom stereocenters. The number of rotatable bonds is 9. The van der Waals surface area contributed by atoms with E-state index in [-0.39, 0.29) is 22.6 Å². The molecule has 2 aliphatic heterocycles. The number of likely N-dealkylation sites (tertiary alicyclic amines) is 1. The topological polar surface area (TPSA) is 138 Å². The van der Waals surface area contributed by atoms with E-state index in [1.54, 1.807) is 53.7 Å². The highest BCUT2D eigenvalue weighted by Crippen LogP contribution is 2.35. The summed E-state index contributed by atoms with van der Waals surface area (Å²) in [7, 11) is -3.99. The first-order valence-corrected chi connectivity index (χ1v) is 17.1. The number of benzene rings is 2. The van der Waals surface area contributed by atoms with Crippen molar-refractivity contribution in [3.63, 3.8) is 0 Å². The molecule has 0 saturated carbocycles. The number of aliphatic hydroxyl groups excluding tert-OH is 1. The fourth-order valence-electron chi connectivity index (χ4n) is 5.94. The zero-order chi connectivity index (χ0) is 33.0. The molecule has 4 heterocycles. The lowest BCUT2D eigenvalue weighted by Crippen LogP contribution is -2.42. The maximum Gasteiger partial charge on any atom is 0.269 e. The number of ether oxygens (including phenoxy) is 2. The molecule has 11 nitrogen and oxygen atoms in total. The smallest absolute Gasteiger partial charge is 0.269 e. The molecule has 0 radical (unpaired) electrons. The van der Waals surface area contributed by atoms with Crippen LogP contribution in [0.2, 0.25) is 0 Å². The Balaban J connectivity index is 1.34. The van der Waals surface area contributed by atoms with Gasteiger partial charge in [-0.2, -0.15) is 5.26 Å². The second-order valence-corrected chi connectivity index (χ2v) is 13.6. The maximum absolute atomic E-state index is 13.9. The molecule has 1 amide bonds. The average molecular weight is 656 g/mol. The van der Waals surface area contributed by atoms with Crippen LogP contribution < -0.4 is 4.74 Å². The van der Waals surface area contributed by atoms with Crippen molar-refractivity contribution in [1.29, 1.82) is 5.26 Å². The van der Waals surface area contributed by atoms with E-state index in [1.165, 1.54) is 3.97 Å². The number of hydrogen-bond donors (Lipinski definition) is 1. The minimum Gasteiger partial charge on any atom is -0.489 e. The molecule has 1 N–H and O–H groups in total. The van der Waals surface area contributed by atoms with Gasteiger partial charge < -0.3 is 19.5 Å². The summed E-state index contributed by atoms with van der Waals surface area (Å²) >= 11 is 0. The molecule has 2 aromatic heterocycles. The highest BCUT2D eigenvalue weighted by molar-refractivity contribution is 7.90. The van der Waals surface area contributed by atoms with Crippen molar-refractivity contribution < 1.29 is 27.8 Å². The molecule has 2 aliphatic rings. The fraction of sp³-hybridized carbons (Fsp3) is 0.343. The van der Waals surface area contributed by atoms with Crippen molar-refractivity contribution in [3.05, 3.63) is 83.7 Å². The molecule has 12 heteroatoms. The number of pyridine rings is 1. The molecule has 2 saturated heterocycles. The molecule has 0 spiro atoms. The highest BCUT2D eigenvalue weighted by Gasteiger charge is 2.26. The first-order chi connectivity index (χ1) is 22.8. The van der Waals surface area contributed by atoms with Crippen LogP contribution in [-0.4, -0.2) is 96.8 Å². The second-order valence-electron chi connectivity index (χ2n) is 11.8. The Morgan fingerprint density at radius 3 is 2.55 bits per heavy atom. The van der Waals surface area contributed by atoms with Gasteiger partial charge in [0.25, 0.3) is 10.0 Å². The van der Waals surface area contributed by atoms with Crippen LogP contribution in [0.15, 0.2) is 71.9 Å². The Hall–Kier alpha value is -4.54. The van der Waals surface area contributed by atoms with E-state index >= 15 is 0 Å². The summed E-state index contributed by atoms with van der Waals surface area (Å²) in [6, 6.07) is 16.1. The molecule has 0 atom stereocenters. The number of nitrogens with zero attached hydrogens (tertiary/aromatic N) is 5. The molecular weight excluding hydrogens is 618 g/mol. The third-order valence-corrected chi connectivity index (χ3v) is 10.3. The summed E-state index contributed by atoms with van der Waals surface area (Å²) in [5, 5.41) is 19.9. The summed E-state index contributed by atoms with van der Waals surface area (Å²) in [6.07, 6.45) is 8.26. The van der Waals surface area contributed by atoms with Crippen molar-refractivity contribution in [3.8, 4) is 22.9 Å². The lowest BCUT2D eigenvalue weighted by molar-refractivity contribution is -0.135. The quantitative estimate of drug-likeness (QED) is 0.285. The summed E-state index contributed by atoms with van der Waals surface area (Å²) in [5.41, 5.74) is 3.64. The Bertz CT molecular complexity index is 1930. The number of carbonyl (C=O) groups excluding carboxylic acids is 1. The van der Waals surface area contributed by atoms with Crippen LogP contribution in [0, 0.1) is 18.3 Å². The summed E-state index contributed by atoms with van der Waals surface area (Å²) < 4.78 is 40.6. The van der Waals surface area contributed by atoms with Crippen LogP contribution in [0.5, 0.6) is 5.75 Å². The fourth-order valence-corrected chi connectivity index (χ4v) is 7.26. The SMILES string of the molecule is Cc1ccc(S(=O)(=O)n2cc(-c3ccc(OC4CCN(C(=O)CO)CC4)c(C#N)c3)c3cc(/C=C/CN4CCOCC4)cnc32)cc1. The lowest BCUT2D eigenvalue weighted by Gasteiger charge is -2.32. The average Bonchev–Trinajstić information content (AvgIpc) is 3.49. The van der Waals surface area contributed by atoms with E-state index in [1.807, 2.05) is 25.1 Å². The van der Waals surface area contributed by atoms with Gasteiger partial charge in [-0.15, -0.1) is 0 Å². The molecule has 2 aromatic carbocycles. The zero-order valence-corrected chi connectivity index (χ0v) is 27.0. The third-order valence-electron chi connectivity index (χ3n) is 8.62. The zero-order valence-electron chi connectivity index (χ0n) is 26.2. The molecule has 2 fully saturated rings. The number of amides is 1. The van der Waals surface area contributed by atoms with Crippen molar-refractivity contribution in [2.24, 2.45) is 0 Å². The molecular formula is C35H37N5O6S. The summed E-state index contributed by atoms with van der Waals surface area (Å²) in [4.78, 5) is 20.5. The van der Waals surface area contributed by atoms with Gasteiger partial charge >= 0.3 is 0 Å². The van der Waals surface area contributed by atoms with E-state index < -0.39 is 16.6 Å².